The van der Waals surface area contributed by atoms with Crippen LogP contribution in [0, 0.1) is 10.1 Å². The molecule has 1 N–H and O–H groups in total. The smallest absolute Gasteiger partial charge is 0.377 e. The van der Waals surface area contributed by atoms with Crippen molar-refractivity contribution in [1.82, 2.24) is 4.98 Å². The number of nitrogens with zero attached hydrogens (tertiary/aromatic N) is 2. The molecule has 2 aromatic rings. The Morgan fingerprint density at radius 1 is 1.24 bits per heavy atom. The molecule has 0 aliphatic heterocycles. The zero-order valence-electron chi connectivity index (χ0n) is 11.8. The third-order valence-corrected chi connectivity index (χ3v) is 3.01. The van der Waals surface area contributed by atoms with Crippen LogP contribution in [0.2, 0.25) is 0 Å². The quantitative estimate of drug-likeness (QED) is 0.625. The van der Waals surface area contributed by atoms with Crippen LogP contribution >= 0.6 is 0 Å². The number of nitro groups is 1. The molecule has 2 rings (SSSR count). The molecule has 0 aliphatic carbocycles. The summed E-state index contributed by atoms with van der Waals surface area (Å²) in [5, 5.41) is 14.0. The lowest BCUT2D eigenvalue weighted by Gasteiger charge is -2.11. The lowest BCUT2D eigenvalue weighted by Crippen LogP contribution is -2.06. The summed E-state index contributed by atoms with van der Waals surface area (Å²) < 4.78 is 5.43. The van der Waals surface area contributed by atoms with E-state index in [1.807, 2.05) is 31.2 Å². The largest absolute Gasteiger partial charge is 0.386 e. The fourth-order valence-electron chi connectivity index (χ4n) is 1.95. The standard InChI is InChI=1S/C15H17N3O3/c1-2-21-11-13-7-4-3-6-12(13)10-17-14-8-5-9-16-15(14)18(19)20/h3-9,17H,2,10-11H2,1H3. The van der Waals surface area contributed by atoms with Crippen LogP contribution in [0.25, 0.3) is 0 Å². The molecule has 1 aromatic carbocycles. The van der Waals surface area contributed by atoms with Crippen molar-refractivity contribution in [2.75, 3.05) is 11.9 Å². The molecule has 1 heterocycles. The van der Waals surface area contributed by atoms with Crippen molar-refractivity contribution in [3.8, 4) is 0 Å². The van der Waals surface area contributed by atoms with E-state index >= 15 is 0 Å². The van der Waals surface area contributed by atoms with Crippen LogP contribution in [0.4, 0.5) is 11.5 Å². The summed E-state index contributed by atoms with van der Waals surface area (Å²) in [5.41, 5.74) is 2.52. The van der Waals surface area contributed by atoms with Crippen LogP contribution in [-0.2, 0) is 17.9 Å². The number of pyridine rings is 1. The van der Waals surface area contributed by atoms with Gasteiger partial charge >= 0.3 is 5.82 Å². The molecule has 0 unspecified atom stereocenters. The first kappa shape index (κ1) is 14.9. The van der Waals surface area contributed by atoms with Gasteiger partial charge in [-0.05, 0) is 40.1 Å². The topological polar surface area (TPSA) is 77.3 Å². The van der Waals surface area contributed by atoms with Gasteiger partial charge in [-0.2, -0.15) is 0 Å². The average molecular weight is 287 g/mol. The summed E-state index contributed by atoms with van der Waals surface area (Å²) in [6.07, 6.45) is 1.41. The second kappa shape index (κ2) is 7.35. The highest BCUT2D eigenvalue weighted by molar-refractivity contribution is 5.56. The van der Waals surface area contributed by atoms with E-state index in [9.17, 15) is 10.1 Å². The van der Waals surface area contributed by atoms with Gasteiger partial charge in [0.25, 0.3) is 0 Å². The van der Waals surface area contributed by atoms with Crippen molar-refractivity contribution < 1.29 is 9.66 Å². The highest BCUT2D eigenvalue weighted by atomic mass is 16.6. The molecule has 0 bridgehead atoms. The first-order valence-corrected chi connectivity index (χ1v) is 6.70. The lowest BCUT2D eigenvalue weighted by molar-refractivity contribution is -0.388. The monoisotopic (exact) mass is 287 g/mol. The molecular formula is C15H17N3O3. The fourth-order valence-corrected chi connectivity index (χ4v) is 1.95. The number of aromatic nitrogens is 1. The van der Waals surface area contributed by atoms with Crippen molar-refractivity contribution in [2.24, 2.45) is 0 Å². The van der Waals surface area contributed by atoms with Gasteiger partial charge in [-0.1, -0.05) is 24.3 Å². The van der Waals surface area contributed by atoms with E-state index in [-0.39, 0.29) is 5.82 Å². The first-order chi connectivity index (χ1) is 10.2. The maximum atomic E-state index is 10.9. The van der Waals surface area contributed by atoms with Crippen LogP contribution in [0.3, 0.4) is 0 Å². The molecule has 0 fully saturated rings. The van der Waals surface area contributed by atoms with Crippen LogP contribution in [-0.4, -0.2) is 16.5 Å². The molecule has 0 aliphatic rings. The minimum atomic E-state index is -0.492. The van der Waals surface area contributed by atoms with E-state index in [1.165, 1.54) is 6.20 Å². The van der Waals surface area contributed by atoms with Gasteiger partial charge in [0, 0.05) is 13.2 Å². The van der Waals surface area contributed by atoms with Gasteiger partial charge in [0.2, 0.25) is 0 Å². The summed E-state index contributed by atoms with van der Waals surface area (Å²) in [5.74, 6) is -0.167. The Bertz CT molecular complexity index is 617. The average Bonchev–Trinajstić information content (AvgIpc) is 2.52. The van der Waals surface area contributed by atoms with Crippen LogP contribution < -0.4 is 5.32 Å². The van der Waals surface area contributed by atoms with Crippen molar-refractivity contribution in [3.05, 3.63) is 63.8 Å². The third kappa shape index (κ3) is 4.00. The molecule has 0 amide bonds. The van der Waals surface area contributed by atoms with Gasteiger partial charge in [-0.3, -0.25) is 0 Å². The molecule has 21 heavy (non-hydrogen) atoms. The third-order valence-electron chi connectivity index (χ3n) is 3.01. The normalized spacial score (nSPS) is 10.3. The summed E-state index contributed by atoms with van der Waals surface area (Å²) in [6.45, 7) is 3.61. The molecule has 0 radical (unpaired) electrons. The Morgan fingerprint density at radius 3 is 2.71 bits per heavy atom. The summed E-state index contributed by atoms with van der Waals surface area (Å²) >= 11 is 0. The minimum Gasteiger partial charge on any atom is -0.377 e. The van der Waals surface area contributed by atoms with E-state index in [2.05, 4.69) is 10.3 Å². The fraction of sp³-hybridized carbons (Fsp3) is 0.267. The Labute approximate surface area is 122 Å². The van der Waals surface area contributed by atoms with Crippen molar-refractivity contribution in [1.29, 1.82) is 0 Å². The first-order valence-electron chi connectivity index (χ1n) is 6.70. The van der Waals surface area contributed by atoms with Gasteiger partial charge in [0.05, 0.1) is 6.61 Å². The molecule has 6 nitrogen and oxygen atoms in total. The second-order valence-corrected chi connectivity index (χ2v) is 4.39. The SMILES string of the molecule is CCOCc1ccccc1CNc1cccnc1[N+](=O)[O-]. The van der Waals surface area contributed by atoms with Gasteiger partial charge < -0.3 is 20.2 Å². The van der Waals surface area contributed by atoms with E-state index in [0.29, 0.717) is 25.4 Å². The van der Waals surface area contributed by atoms with Gasteiger partial charge in [0.15, 0.2) is 0 Å². The van der Waals surface area contributed by atoms with Crippen LogP contribution in [0.5, 0.6) is 0 Å². The number of hydrogen-bond donors (Lipinski definition) is 1. The maximum Gasteiger partial charge on any atom is 0.386 e. The molecule has 6 heteroatoms. The maximum absolute atomic E-state index is 10.9. The van der Waals surface area contributed by atoms with E-state index in [4.69, 9.17) is 4.74 Å². The molecular weight excluding hydrogens is 270 g/mol. The number of rotatable bonds is 7. The molecule has 0 saturated carbocycles. The van der Waals surface area contributed by atoms with Gasteiger partial charge in [0.1, 0.15) is 11.9 Å². The predicted octanol–water partition coefficient (Wildman–Crippen LogP) is 3.14. The predicted molar refractivity (Wildman–Crippen MR) is 80.0 cm³/mol. The molecule has 110 valence electrons. The highest BCUT2D eigenvalue weighted by Crippen LogP contribution is 2.21. The number of anilines is 1. The second-order valence-electron chi connectivity index (χ2n) is 4.39. The zero-order chi connectivity index (χ0) is 15.1. The Balaban J connectivity index is 2.12. The molecule has 0 atom stereocenters. The number of benzene rings is 1. The van der Waals surface area contributed by atoms with Crippen molar-refractivity contribution in [3.63, 3.8) is 0 Å². The number of nitrogens with one attached hydrogen (secondary N) is 1. The van der Waals surface area contributed by atoms with Gasteiger partial charge in [-0.15, -0.1) is 0 Å². The van der Waals surface area contributed by atoms with Crippen LogP contribution in [0.1, 0.15) is 18.1 Å². The van der Waals surface area contributed by atoms with E-state index < -0.39 is 4.92 Å². The highest BCUT2D eigenvalue weighted by Gasteiger charge is 2.13. The Kier molecular flexibility index (Phi) is 5.22. The molecule has 0 saturated heterocycles. The number of hydrogen-bond acceptors (Lipinski definition) is 5. The van der Waals surface area contributed by atoms with Crippen molar-refractivity contribution in [2.45, 2.75) is 20.1 Å². The van der Waals surface area contributed by atoms with E-state index in [1.54, 1.807) is 12.1 Å². The molecule has 1 aromatic heterocycles. The summed E-state index contributed by atoms with van der Waals surface area (Å²) in [6, 6.07) is 11.2. The summed E-state index contributed by atoms with van der Waals surface area (Å²) in [7, 11) is 0. The summed E-state index contributed by atoms with van der Waals surface area (Å²) in [4.78, 5) is 14.2. The lowest BCUT2D eigenvalue weighted by atomic mass is 10.1. The van der Waals surface area contributed by atoms with Crippen molar-refractivity contribution >= 4 is 11.5 Å². The molecule has 0 spiro atoms. The van der Waals surface area contributed by atoms with E-state index in [0.717, 1.165) is 11.1 Å². The van der Waals surface area contributed by atoms with Crippen LogP contribution in [0.15, 0.2) is 42.6 Å². The Morgan fingerprint density at radius 2 is 2.00 bits per heavy atom. The Hall–Kier alpha value is -2.47. The number of ether oxygens (including phenoxy) is 1. The van der Waals surface area contributed by atoms with Gasteiger partial charge in [-0.25, -0.2) is 0 Å². The minimum absolute atomic E-state index is 0.167. The zero-order valence-corrected chi connectivity index (χ0v) is 11.8.